The van der Waals surface area contributed by atoms with Gasteiger partial charge in [-0.25, -0.2) is 4.79 Å². The van der Waals surface area contributed by atoms with E-state index in [2.05, 4.69) is 16.0 Å². The van der Waals surface area contributed by atoms with Crippen LogP contribution in [0.15, 0.2) is 60.7 Å². The Morgan fingerprint density at radius 1 is 0.857 bits per heavy atom. The van der Waals surface area contributed by atoms with Gasteiger partial charge in [0, 0.05) is 12.1 Å². The van der Waals surface area contributed by atoms with Gasteiger partial charge in [0.1, 0.15) is 5.60 Å². The number of amides is 2. The highest BCUT2D eigenvalue weighted by atomic mass is 16.6. The molecule has 3 atom stereocenters. The number of aliphatic hydroxyl groups is 1. The summed E-state index contributed by atoms with van der Waals surface area (Å²) in [5.41, 5.74) is 0.937. The number of benzene rings is 2. The number of aliphatic hydroxyl groups excluding tert-OH is 1. The summed E-state index contributed by atoms with van der Waals surface area (Å²) in [5.74, 6) is -0.145. The third kappa shape index (κ3) is 11.4. The van der Waals surface area contributed by atoms with Crippen LogP contribution in [-0.4, -0.2) is 53.0 Å². The van der Waals surface area contributed by atoms with E-state index >= 15 is 0 Å². The number of ether oxygens (including phenoxy) is 1. The van der Waals surface area contributed by atoms with E-state index in [1.807, 2.05) is 81.4 Å². The average molecular weight is 484 g/mol. The van der Waals surface area contributed by atoms with Gasteiger partial charge in [0.15, 0.2) is 0 Å². The Morgan fingerprint density at radius 2 is 1.37 bits per heavy atom. The molecule has 0 spiro atoms. The smallest absolute Gasteiger partial charge is 0.407 e. The summed E-state index contributed by atoms with van der Waals surface area (Å²) in [7, 11) is 0. The minimum absolute atomic E-state index is 0.113. The van der Waals surface area contributed by atoms with E-state index < -0.39 is 29.9 Å². The highest BCUT2D eigenvalue weighted by molar-refractivity contribution is 5.82. The van der Waals surface area contributed by atoms with Crippen molar-refractivity contribution < 1.29 is 19.4 Å². The van der Waals surface area contributed by atoms with Crippen molar-refractivity contribution in [2.45, 2.75) is 83.7 Å². The van der Waals surface area contributed by atoms with Crippen molar-refractivity contribution in [2.75, 3.05) is 6.54 Å². The first-order valence-electron chi connectivity index (χ1n) is 12.1. The summed E-state index contributed by atoms with van der Waals surface area (Å²) in [6.45, 7) is 11.3. The molecule has 0 heterocycles. The molecule has 0 saturated carbocycles. The fourth-order valence-electron chi connectivity index (χ4n) is 3.58. The Hall–Kier alpha value is -2.90. The minimum Gasteiger partial charge on any atom is -0.444 e. The lowest BCUT2D eigenvalue weighted by Gasteiger charge is -2.29. The Bertz CT molecular complexity index is 921. The lowest BCUT2D eigenvalue weighted by molar-refractivity contribution is -0.124. The van der Waals surface area contributed by atoms with Gasteiger partial charge < -0.3 is 25.8 Å². The summed E-state index contributed by atoms with van der Waals surface area (Å²) >= 11 is 0. The maximum absolute atomic E-state index is 13.0. The van der Waals surface area contributed by atoms with E-state index in [1.165, 1.54) is 0 Å². The Balaban J connectivity index is 2.14. The summed E-state index contributed by atoms with van der Waals surface area (Å²) in [6, 6.07) is 18.2. The molecular formula is C28H41N3O4. The second-order valence-electron chi connectivity index (χ2n) is 10.9. The first-order chi connectivity index (χ1) is 16.3. The van der Waals surface area contributed by atoms with Gasteiger partial charge in [0.05, 0.1) is 18.2 Å². The monoisotopic (exact) mass is 483 g/mol. The van der Waals surface area contributed by atoms with Gasteiger partial charge >= 0.3 is 6.09 Å². The van der Waals surface area contributed by atoms with Crippen LogP contribution in [0.4, 0.5) is 4.79 Å². The van der Waals surface area contributed by atoms with E-state index in [1.54, 1.807) is 20.8 Å². The van der Waals surface area contributed by atoms with Crippen LogP contribution >= 0.6 is 0 Å². The molecule has 0 aromatic heterocycles. The first-order valence-corrected chi connectivity index (χ1v) is 12.1. The van der Waals surface area contributed by atoms with Crippen molar-refractivity contribution in [3.63, 3.8) is 0 Å². The number of hydrogen-bond donors (Lipinski definition) is 4. The van der Waals surface area contributed by atoms with E-state index in [-0.39, 0.29) is 18.0 Å². The molecule has 7 heteroatoms. The van der Waals surface area contributed by atoms with Crippen LogP contribution < -0.4 is 16.0 Å². The van der Waals surface area contributed by atoms with Crippen molar-refractivity contribution in [3.8, 4) is 0 Å². The molecule has 192 valence electrons. The molecule has 2 aromatic carbocycles. The van der Waals surface area contributed by atoms with Crippen molar-refractivity contribution in [1.82, 2.24) is 16.0 Å². The second-order valence-corrected chi connectivity index (χ2v) is 10.9. The number of carbonyl (C=O) groups excluding carboxylic acids is 2. The number of rotatable bonds is 10. The third-order valence-corrected chi connectivity index (χ3v) is 5.14. The fourth-order valence-corrected chi connectivity index (χ4v) is 3.58. The Morgan fingerprint density at radius 3 is 1.86 bits per heavy atom. The van der Waals surface area contributed by atoms with Crippen LogP contribution in [-0.2, 0) is 22.4 Å². The van der Waals surface area contributed by atoms with Gasteiger partial charge in [0.25, 0.3) is 0 Å². The molecule has 2 amide bonds. The molecule has 4 N–H and O–H groups in total. The maximum atomic E-state index is 13.0. The molecular weight excluding hydrogens is 442 g/mol. The van der Waals surface area contributed by atoms with Gasteiger partial charge in [-0.3, -0.25) is 4.79 Å². The Labute approximate surface area is 209 Å². The summed E-state index contributed by atoms with van der Waals surface area (Å²) in [6.07, 6.45) is -0.661. The van der Waals surface area contributed by atoms with Gasteiger partial charge in [-0.2, -0.15) is 0 Å². The number of hydrogen-bond acceptors (Lipinski definition) is 5. The lowest BCUT2D eigenvalue weighted by atomic mass is 9.99. The molecule has 0 aliphatic carbocycles. The molecule has 2 aromatic rings. The highest BCUT2D eigenvalue weighted by Crippen LogP contribution is 2.11. The lowest BCUT2D eigenvalue weighted by Crippen LogP contribution is -2.55. The van der Waals surface area contributed by atoms with E-state index in [0.29, 0.717) is 12.8 Å². The molecule has 0 aliphatic rings. The molecule has 0 fully saturated rings. The van der Waals surface area contributed by atoms with Crippen molar-refractivity contribution in [3.05, 3.63) is 71.8 Å². The quantitative estimate of drug-likeness (QED) is 0.414. The predicted octanol–water partition coefficient (Wildman–Crippen LogP) is 3.60. The van der Waals surface area contributed by atoms with Gasteiger partial charge in [-0.15, -0.1) is 0 Å². The van der Waals surface area contributed by atoms with Crippen LogP contribution in [0.5, 0.6) is 0 Å². The predicted molar refractivity (Wildman–Crippen MR) is 139 cm³/mol. The molecule has 0 saturated heterocycles. The zero-order chi connectivity index (χ0) is 26.1. The van der Waals surface area contributed by atoms with E-state index in [9.17, 15) is 14.7 Å². The molecule has 7 nitrogen and oxygen atoms in total. The normalized spacial score (nSPS) is 14.5. The largest absolute Gasteiger partial charge is 0.444 e. The van der Waals surface area contributed by atoms with Crippen molar-refractivity contribution >= 4 is 12.0 Å². The number of nitrogens with one attached hydrogen (secondary N) is 3. The fraction of sp³-hybridized carbons (Fsp3) is 0.500. The average Bonchev–Trinajstić information content (AvgIpc) is 2.75. The Kier molecular flexibility index (Phi) is 10.3. The molecule has 0 radical (unpaired) electrons. The van der Waals surface area contributed by atoms with Crippen LogP contribution in [0.2, 0.25) is 0 Å². The highest BCUT2D eigenvalue weighted by Gasteiger charge is 2.28. The molecule has 2 rings (SSSR count). The number of alkyl carbamates (subject to hydrolysis) is 1. The van der Waals surface area contributed by atoms with Crippen LogP contribution in [0.3, 0.4) is 0 Å². The topological polar surface area (TPSA) is 99.7 Å². The zero-order valence-electron chi connectivity index (χ0n) is 21.8. The molecule has 0 bridgehead atoms. The van der Waals surface area contributed by atoms with E-state index in [0.717, 1.165) is 11.1 Å². The minimum atomic E-state index is -0.955. The van der Waals surface area contributed by atoms with Crippen molar-refractivity contribution in [2.24, 2.45) is 0 Å². The zero-order valence-corrected chi connectivity index (χ0v) is 21.8. The van der Waals surface area contributed by atoms with Crippen LogP contribution in [0.1, 0.15) is 52.7 Å². The van der Waals surface area contributed by atoms with Gasteiger partial charge in [-0.1, -0.05) is 60.7 Å². The SMILES string of the molecule is CC(C)(C)NC(=O)[C@H](Cc1ccccc1)NC[C@@H](O)[C@H](Cc1ccccc1)NC(=O)OC(C)(C)C. The second kappa shape index (κ2) is 12.7. The van der Waals surface area contributed by atoms with Gasteiger partial charge in [0.2, 0.25) is 5.91 Å². The third-order valence-electron chi connectivity index (χ3n) is 5.14. The van der Waals surface area contributed by atoms with Crippen LogP contribution in [0, 0.1) is 0 Å². The molecule has 35 heavy (non-hydrogen) atoms. The molecule has 0 unspecified atom stereocenters. The summed E-state index contributed by atoms with van der Waals surface area (Å²) < 4.78 is 5.41. The first kappa shape index (κ1) is 28.3. The van der Waals surface area contributed by atoms with Gasteiger partial charge in [-0.05, 0) is 65.5 Å². The number of carbonyl (C=O) groups is 2. The summed E-state index contributed by atoms with van der Waals surface area (Å²) in [5, 5.41) is 20.1. The van der Waals surface area contributed by atoms with Crippen LogP contribution in [0.25, 0.3) is 0 Å². The molecule has 0 aliphatic heterocycles. The van der Waals surface area contributed by atoms with E-state index in [4.69, 9.17) is 4.74 Å². The maximum Gasteiger partial charge on any atom is 0.407 e. The van der Waals surface area contributed by atoms with Crippen molar-refractivity contribution in [1.29, 1.82) is 0 Å². The summed E-state index contributed by atoms with van der Waals surface area (Å²) in [4.78, 5) is 25.5. The standard InChI is InChI=1S/C28H41N3O4/c1-27(2,3)31-25(33)23(18-21-15-11-8-12-16-21)29-19-24(32)22(17-20-13-9-7-10-14-20)30-26(34)35-28(4,5)6/h7-16,22-24,29,32H,17-19H2,1-6H3,(H,30,34)(H,31,33)/t22-,23-,24+/m0/s1.